The highest BCUT2D eigenvalue weighted by Crippen LogP contribution is 2.37. The van der Waals surface area contributed by atoms with Crippen molar-refractivity contribution in [2.75, 3.05) is 6.26 Å². The lowest BCUT2D eigenvalue weighted by Gasteiger charge is -2.43. The van der Waals surface area contributed by atoms with Crippen LogP contribution in [0, 0.1) is 0 Å². The lowest BCUT2D eigenvalue weighted by Crippen LogP contribution is -2.59. The van der Waals surface area contributed by atoms with Crippen molar-refractivity contribution in [1.82, 2.24) is 15.0 Å². The minimum absolute atomic E-state index is 0.431. The van der Waals surface area contributed by atoms with Crippen LogP contribution in [0.5, 0.6) is 0 Å². The fraction of sp³-hybridized carbons (Fsp3) is 0.882. The van der Waals surface area contributed by atoms with Crippen molar-refractivity contribution in [2.45, 2.75) is 86.6 Å². The third-order valence-electron chi connectivity index (χ3n) is 5.64. The van der Waals surface area contributed by atoms with Crippen molar-refractivity contribution in [2.24, 2.45) is 0 Å². The molecular weight excluding hydrogens is 374 g/mol. The molecule has 27 heavy (non-hydrogen) atoms. The molecule has 2 aliphatic rings. The minimum Gasteiger partial charge on any atom is -0.391 e. The first-order valence-corrected chi connectivity index (χ1v) is 10.6. The number of hydrogen-bond donors (Lipinski definition) is 5. The number of aliphatic hydroxyl groups is 5. The van der Waals surface area contributed by atoms with Crippen LogP contribution in [0.15, 0.2) is 6.20 Å². The minimum atomic E-state index is -1.41. The van der Waals surface area contributed by atoms with E-state index in [1.807, 2.05) is 0 Å². The number of ether oxygens (including phenoxy) is 1. The Hall–Kier alpha value is -0.750. The molecule has 7 atom stereocenters. The normalized spacial score (nSPS) is 36.3. The van der Waals surface area contributed by atoms with E-state index in [4.69, 9.17) is 4.74 Å². The summed E-state index contributed by atoms with van der Waals surface area (Å²) in [5, 5.41) is 60.0. The molecule has 2 heterocycles. The summed E-state index contributed by atoms with van der Waals surface area (Å²) >= 11 is 1.20. The van der Waals surface area contributed by atoms with E-state index in [0.717, 1.165) is 19.3 Å². The van der Waals surface area contributed by atoms with Crippen LogP contribution in [0.1, 0.15) is 50.8 Å². The number of hydrogen-bond acceptors (Lipinski definition) is 9. The van der Waals surface area contributed by atoms with E-state index >= 15 is 0 Å². The molecule has 1 aliphatic heterocycles. The zero-order valence-corrected chi connectivity index (χ0v) is 16.4. The Morgan fingerprint density at radius 2 is 1.85 bits per heavy atom. The number of aromatic nitrogens is 3. The maximum absolute atomic E-state index is 10.9. The summed E-state index contributed by atoms with van der Waals surface area (Å²) in [5.41, 5.74) is -1.36. The summed E-state index contributed by atoms with van der Waals surface area (Å²) in [4.78, 5) is 0. The molecule has 0 radical (unpaired) electrons. The molecule has 5 N–H and O–H groups in total. The molecule has 0 spiro atoms. The SMILES string of the molecule is CS[C@H]1O[C@H]([C@@H]([C@@H](C)O)n2cc(C3(O)CCCCC3)nn2)[C@H](O)[C@H](O)[C@H]1O. The van der Waals surface area contributed by atoms with Crippen molar-refractivity contribution >= 4 is 11.8 Å². The smallest absolute Gasteiger partial charge is 0.132 e. The lowest BCUT2D eigenvalue weighted by atomic mass is 9.83. The van der Waals surface area contributed by atoms with Crippen molar-refractivity contribution in [3.63, 3.8) is 0 Å². The van der Waals surface area contributed by atoms with Gasteiger partial charge >= 0.3 is 0 Å². The molecule has 1 saturated carbocycles. The molecule has 1 aliphatic carbocycles. The standard InChI is InChI=1S/C17H29N3O6S/c1-9(21)11(15-13(23)12(22)14(24)16(26-15)27-2)20-8-10(18-19-20)17(25)6-4-3-5-7-17/h8-9,11-16,21-25H,3-7H2,1-2H3/t9-,11-,12+,13-,14-,15-,16-/m1/s1. The monoisotopic (exact) mass is 403 g/mol. The van der Waals surface area contributed by atoms with Crippen molar-refractivity contribution in [1.29, 1.82) is 0 Å². The van der Waals surface area contributed by atoms with E-state index in [0.29, 0.717) is 18.5 Å². The van der Waals surface area contributed by atoms with E-state index < -0.39 is 47.6 Å². The Morgan fingerprint density at radius 1 is 1.19 bits per heavy atom. The predicted molar refractivity (Wildman–Crippen MR) is 97.9 cm³/mol. The molecular formula is C17H29N3O6S. The Balaban J connectivity index is 1.88. The first-order chi connectivity index (χ1) is 12.8. The van der Waals surface area contributed by atoms with Gasteiger partial charge in [0.2, 0.25) is 0 Å². The van der Waals surface area contributed by atoms with Gasteiger partial charge in [-0.15, -0.1) is 16.9 Å². The van der Waals surface area contributed by atoms with Crippen molar-refractivity contribution in [3.8, 4) is 0 Å². The third kappa shape index (κ3) is 4.02. The molecule has 0 unspecified atom stereocenters. The van der Waals surface area contributed by atoms with Crippen LogP contribution in [-0.2, 0) is 10.3 Å². The second-order valence-electron chi connectivity index (χ2n) is 7.58. The second kappa shape index (κ2) is 8.32. The van der Waals surface area contributed by atoms with Gasteiger partial charge < -0.3 is 30.3 Å². The van der Waals surface area contributed by atoms with Gasteiger partial charge in [0.25, 0.3) is 0 Å². The summed E-state index contributed by atoms with van der Waals surface area (Å²) < 4.78 is 7.16. The average molecular weight is 404 g/mol. The number of aliphatic hydroxyl groups excluding tert-OH is 4. The number of thioether (sulfide) groups is 1. The van der Waals surface area contributed by atoms with Crippen LogP contribution in [0.4, 0.5) is 0 Å². The third-order valence-corrected chi connectivity index (χ3v) is 6.50. The van der Waals surface area contributed by atoms with Gasteiger partial charge in [0.05, 0.1) is 12.3 Å². The van der Waals surface area contributed by atoms with Gasteiger partial charge in [0.15, 0.2) is 0 Å². The van der Waals surface area contributed by atoms with Gasteiger partial charge in [0.1, 0.15) is 47.2 Å². The molecule has 3 rings (SSSR count). The molecule has 2 fully saturated rings. The molecule has 0 amide bonds. The first-order valence-electron chi connectivity index (χ1n) is 9.33. The Labute approximate surface area is 162 Å². The molecule has 1 saturated heterocycles. The van der Waals surface area contributed by atoms with Gasteiger partial charge in [-0.05, 0) is 26.0 Å². The number of nitrogens with zero attached hydrogens (tertiary/aromatic N) is 3. The maximum Gasteiger partial charge on any atom is 0.132 e. The fourth-order valence-electron chi connectivity index (χ4n) is 4.03. The summed E-state index contributed by atoms with van der Waals surface area (Å²) in [6, 6.07) is -0.842. The van der Waals surface area contributed by atoms with E-state index in [2.05, 4.69) is 10.3 Å². The largest absolute Gasteiger partial charge is 0.391 e. The van der Waals surface area contributed by atoms with Gasteiger partial charge in [-0.1, -0.05) is 24.5 Å². The van der Waals surface area contributed by atoms with Gasteiger partial charge in [-0.3, -0.25) is 0 Å². The van der Waals surface area contributed by atoms with Gasteiger partial charge in [0, 0.05) is 0 Å². The summed E-state index contributed by atoms with van der Waals surface area (Å²) in [5.74, 6) is 0. The molecule has 0 aromatic carbocycles. The highest BCUT2D eigenvalue weighted by Gasteiger charge is 2.48. The maximum atomic E-state index is 10.9. The van der Waals surface area contributed by atoms with Crippen LogP contribution in [-0.4, -0.2) is 82.7 Å². The highest BCUT2D eigenvalue weighted by atomic mass is 32.2. The van der Waals surface area contributed by atoms with Crippen LogP contribution in [0.3, 0.4) is 0 Å². The van der Waals surface area contributed by atoms with E-state index in [1.165, 1.54) is 23.4 Å². The van der Waals surface area contributed by atoms with Crippen LogP contribution in [0.25, 0.3) is 0 Å². The summed E-state index contributed by atoms with van der Waals surface area (Å²) in [7, 11) is 0. The molecule has 1 aromatic heterocycles. The van der Waals surface area contributed by atoms with Crippen LogP contribution >= 0.6 is 11.8 Å². The molecule has 1 aromatic rings. The molecule has 0 bridgehead atoms. The number of rotatable bonds is 5. The lowest BCUT2D eigenvalue weighted by molar-refractivity contribution is -0.216. The van der Waals surface area contributed by atoms with Gasteiger partial charge in [-0.25, -0.2) is 4.68 Å². The molecule has 10 heteroatoms. The van der Waals surface area contributed by atoms with Crippen LogP contribution < -0.4 is 0 Å². The van der Waals surface area contributed by atoms with Crippen molar-refractivity contribution < 1.29 is 30.3 Å². The molecule has 154 valence electrons. The van der Waals surface area contributed by atoms with Gasteiger partial charge in [-0.2, -0.15) is 0 Å². The average Bonchev–Trinajstić information content (AvgIpc) is 3.13. The van der Waals surface area contributed by atoms with E-state index in [9.17, 15) is 25.5 Å². The fourth-order valence-corrected chi connectivity index (χ4v) is 4.70. The highest BCUT2D eigenvalue weighted by molar-refractivity contribution is 7.99. The predicted octanol–water partition coefficient (Wildman–Crippen LogP) is -0.478. The first kappa shape index (κ1) is 21.0. The zero-order valence-electron chi connectivity index (χ0n) is 15.5. The Bertz CT molecular complexity index is 622. The Kier molecular flexibility index (Phi) is 6.46. The second-order valence-corrected chi connectivity index (χ2v) is 8.52. The van der Waals surface area contributed by atoms with E-state index in [1.54, 1.807) is 12.5 Å². The quantitative estimate of drug-likeness (QED) is 0.441. The molecule has 9 nitrogen and oxygen atoms in total. The Morgan fingerprint density at radius 3 is 2.44 bits per heavy atom. The zero-order chi connectivity index (χ0) is 19.8. The van der Waals surface area contributed by atoms with Crippen LogP contribution in [0.2, 0.25) is 0 Å². The summed E-state index contributed by atoms with van der Waals surface area (Å²) in [6.07, 6.45) is 1.35. The summed E-state index contributed by atoms with van der Waals surface area (Å²) in [6.45, 7) is 1.53. The van der Waals surface area contributed by atoms with Crippen molar-refractivity contribution in [3.05, 3.63) is 11.9 Å². The van der Waals surface area contributed by atoms with E-state index in [-0.39, 0.29) is 0 Å². The topological polar surface area (TPSA) is 141 Å².